The predicted octanol–water partition coefficient (Wildman–Crippen LogP) is 1.83. The molecule has 53 valence electrons. The second kappa shape index (κ2) is 4.23. The van der Waals surface area contributed by atoms with Crippen LogP contribution in [0.5, 0.6) is 0 Å². The minimum atomic E-state index is 0.850. The summed E-state index contributed by atoms with van der Waals surface area (Å²) >= 11 is 4.07. The van der Waals surface area contributed by atoms with Crippen molar-refractivity contribution in [3.05, 3.63) is 30.3 Å². The summed E-state index contributed by atoms with van der Waals surface area (Å²) in [6, 6.07) is 10.9. The van der Waals surface area contributed by atoms with Crippen molar-refractivity contribution in [1.82, 2.24) is 0 Å². The maximum Gasteiger partial charge on any atom is 0.0420 e. The molecule has 0 bridgehead atoms. The van der Waals surface area contributed by atoms with Gasteiger partial charge >= 0.3 is 0 Å². The number of hydrogen-bond donors (Lipinski definition) is 2. The van der Waals surface area contributed by atoms with Gasteiger partial charge in [-0.15, -0.1) is 0 Å². The lowest BCUT2D eigenvalue weighted by atomic mass is 10.3. The van der Waals surface area contributed by atoms with E-state index in [0.717, 1.165) is 18.0 Å². The van der Waals surface area contributed by atoms with Crippen LogP contribution >= 0.6 is 12.6 Å². The highest BCUT2D eigenvalue weighted by Crippen LogP contribution is 2.02. The van der Waals surface area contributed by atoms with Gasteiger partial charge in [-0.05, 0) is 6.07 Å². The predicted molar refractivity (Wildman–Crippen MR) is 47.6 cm³/mol. The molecule has 1 nitrogen and oxygen atoms in total. The summed E-state index contributed by atoms with van der Waals surface area (Å²) in [5, 5.41) is 3.16. The molecule has 0 amide bonds. The molecule has 0 spiro atoms. The van der Waals surface area contributed by atoms with Crippen LogP contribution in [0.25, 0.3) is 0 Å². The second-order valence-corrected chi connectivity index (χ2v) is 2.37. The van der Waals surface area contributed by atoms with Crippen LogP contribution in [-0.2, 0) is 0 Å². The van der Waals surface area contributed by atoms with Gasteiger partial charge in [0.1, 0.15) is 0 Å². The Bertz CT molecular complexity index is 174. The van der Waals surface area contributed by atoms with E-state index in [-0.39, 0.29) is 0 Å². The number of benzene rings is 1. The van der Waals surface area contributed by atoms with Crippen LogP contribution in [0.1, 0.15) is 0 Å². The van der Waals surface area contributed by atoms with Crippen LogP contribution < -0.4 is 5.32 Å². The molecule has 1 aromatic carbocycles. The largest absolute Gasteiger partial charge is 0.384 e. The van der Waals surface area contributed by atoms with Crippen molar-refractivity contribution in [2.45, 2.75) is 0 Å². The number of thiol groups is 1. The molecule has 0 aliphatic rings. The number of nitrogens with one attached hydrogen (secondary N) is 1. The van der Waals surface area contributed by atoms with E-state index in [0.29, 0.717) is 0 Å². The maximum absolute atomic E-state index is 4.07. The third-order valence-electron chi connectivity index (χ3n) is 1.14. The molecule has 2 heteroatoms. The monoisotopic (exact) mass is 152 g/mol. The van der Waals surface area contributed by atoms with Gasteiger partial charge in [-0.1, -0.05) is 18.2 Å². The molecule has 1 N–H and O–H groups in total. The first kappa shape index (κ1) is 7.48. The van der Waals surface area contributed by atoms with Crippen LogP contribution in [0.15, 0.2) is 24.3 Å². The Hall–Kier alpha value is -0.630. The van der Waals surface area contributed by atoms with Crippen LogP contribution in [-0.4, -0.2) is 12.3 Å². The van der Waals surface area contributed by atoms with Gasteiger partial charge < -0.3 is 5.32 Å². The molecule has 0 heterocycles. The van der Waals surface area contributed by atoms with E-state index >= 15 is 0 Å². The van der Waals surface area contributed by atoms with Crippen LogP contribution in [0.3, 0.4) is 0 Å². The fourth-order valence-corrected chi connectivity index (χ4v) is 0.806. The Morgan fingerprint density at radius 2 is 2.40 bits per heavy atom. The molecule has 1 rings (SSSR count). The van der Waals surface area contributed by atoms with Gasteiger partial charge in [0.05, 0.1) is 0 Å². The smallest absolute Gasteiger partial charge is 0.0420 e. The highest BCUT2D eigenvalue weighted by atomic mass is 32.1. The lowest BCUT2D eigenvalue weighted by molar-refractivity contribution is 1.23. The first-order chi connectivity index (χ1) is 4.93. The Labute approximate surface area is 66.9 Å². The van der Waals surface area contributed by atoms with E-state index in [4.69, 9.17) is 0 Å². The van der Waals surface area contributed by atoms with Crippen molar-refractivity contribution < 1.29 is 0 Å². The first-order valence-electron chi connectivity index (χ1n) is 3.25. The zero-order chi connectivity index (χ0) is 7.23. The van der Waals surface area contributed by atoms with Gasteiger partial charge in [-0.2, -0.15) is 12.6 Å². The first-order valence-corrected chi connectivity index (χ1v) is 3.88. The van der Waals surface area contributed by atoms with Crippen LogP contribution in [0.4, 0.5) is 5.69 Å². The summed E-state index contributed by atoms with van der Waals surface area (Å²) in [5.41, 5.74) is 1.04. The zero-order valence-electron chi connectivity index (χ0n) is 5.67. The molecule has 0 aliphatic heterocycles. The number of hydrogen-bond acceptors (Lipinski definition) is 2. The van der Waals surface area contributed by atoms with Gasteiger partial charge in [-0.25, -0.2) is 0 Å². The summed E-state index contributed by atoms with van der Waals surface area (Å²) in [6.45, 7) is 0.892. The number of rotatable bonds is 3. The minimum absolute atomic E-state index is 0.850. The Balaban J connectivity index is 2.43. The SMILES string of the molecule is SCCNc1[c]cccc1. The Kier molecular flexibility index (Phi) is 3.16. The van der Waals surface area contributed by atoms with Crippen molar-refractivity contribution in [2.75, 3.05) is 17.6 Å². The topological polar surface area (TPSA) is 12.0 Å². The van der Waals surface area contributed by atoms with Gasteiger partial charge in [0.25, 0.3) is 0 Å². The number of para-hydroxylation sites is 1. The van der Waals surface area contributed by atoms with Crippen LogP contribution in [0.2, 0.25) is 0 Å². The average molecular weight is 152 g/mol. The van der Waals surface area contributed by atoms with Crippen molar-refractivity contribution in [1.29, 1.82) is 0 Å². The van der Waals surface area contributed by atoms with Gasteiger partial charge in [-0.3, -0.25) is 0 Å². The zero-order valence-corrected chi connectivity index (χ0v) is 6.57. The van der Waals surface area contributed by atoms with Crippen molar-refractivity contribution >= 4 is 18.3 Å². The van der Waals surface area contributed by atoms with Gasteiger partial charge in [0.2, 0.25) is 0 Å². The van der Waals surface area contributed by atoms with Crippen molar-refractivity contribution in [3.63, 3.8) is 0 Å². The van der Waals surface area contributed by atoms with Crippen molar-refractivity contribution in [2.24, 2.45) is 0 Å². The van der Waals surface area contributed by atoms with Gasteiger partial charge in [0.15, 0.2) is 0 Å². The summed E-state index contributed by atoms with van der Waals surface area (Å²) in [4.78, 5) is 0. The lowest BCUT2D eigenvalue weighted by Gasteiger charge is -2.00. The normalized spacial score (nSPS) is 9.30. The molecule has 0 fully saturated rings. The third-order valence-corrected chi connectivity index (χ3v) is 1.36. The maximum atomic E-state index is 4.07. The summed E-state index contributed by atoms with van der Waals surface area (Å²) in [5.74, 6) is 0.850. The second-order valence-electron chi connectivity index (χ2n) is 1.93. The highest BCUT2D eigenvalue weighted by Gasteiger charge is 1.85. The fraction of sp³-hybridized carbons (Fsp3) is 0.250. The molecule has 1 aromatic rings. The summed E-state index contributed by atoms with van der Waals surface area (Å²) in [7, 11) is 0. The summed E-state index contributed by atoms with van der Waals surface area (Å²) in [6.07, 6.45) is 0. The highest BCUT2D eigenvalue weighted by molar-refractivity contribution is 7.80. The summed E-state index contributed by atoms with van der Waals surface area (Å²) < 4.78 is 0. The van der Waals surface area contributed by atoms with E-state index in [2.05, 4.69) is 24.0 Å². The van der Waals surface area contributed by atoms with E-state index in [1.54, 1.807) is 0 Å². The van der Waals surface area contributed by atoms with Gasteiger partial charge in [0, 0.05) is 24.1 Å². The molecular weight excluding hydrogens is 142 g/mol. The third kappa shape index (κ3) is 2.31. The Morgan fingerprint density at radius 1 is 1.50 bits per heavy atom. The fourth-order valence-electron chi connectivity index (χ4n) is 0.694. The molecule has 1 radical (unpaired) electrons. The lowest BCUT2D eigenvalue weighted by Crippen LogP contribution is -2.01. The van der Waals surface area contributed by atoms with E-state index < -0.39 is 0 Å². The van der Waals surface area contributed by atoms with E-state index in [9.17, 15) is 0 Å². The van der Waals surface area contributed by atoms with Crippen LogP contribution in [0, 0.1) is 6.07 Å². The Morgan fingerprint density at radius 3 is 3.00 bits per heavy atom. The number of anilines is 1. The molecule has 0 aromatic heterocycles. The van der Waals surface area contributed by atoms with Crippen molar-refractivity contribution in [3.8, 4) is 0 Å². The standard InChI is InChI=1S/C8H10NS/c10-7-6-9-8-4-2-1-3-5-8/h1-4,9-10H,6-7H2. The molecule has 0 aliphatic carbocycles. The molecule has 0 unspecified atom stereocenters. The molecule has 0 saturated heterocycles. The minimum Gasteiger partial charge on any atom is -0.384 e. The average Bonchev–Trinajstić information content (AvgIpc) is 2.03. The quantitative estimate of drug-likeness (QED) is 0.630. The molecular formula is C8H10NS. The molecule has 10 heavy (non-hydrogen) atoms. The molecule has 0 saturated carbocycles. The van der Waals surface area contributed by atoms with E-state index in [1.165, 1.54) is 0 Å². The van der Waals surface area contributed by atoms with E-state index in [1.807, 2.05) is 24.3 Å². The molecule has 0 atom stereocenters.